The predicted octanol–water partition coefficient (Wildman–Crippen LogP) is 3.35. The molecule has 1 unspecified atom stereocenters. The van der Waals surface area contributed by atoms with E-state index in [1.165, 1.54) is 5.56 Å². The molecule has 1 N–H and O–H groups in total. The smallest absolute Gasteiger partial charge is 0.0406 e. The highest BCUT2D eigenvalue weighted by atomic mass is 35.5. The van der Waals surface area contributed by atoms with Gasteiger partial charge in [0.05, 0.1) is 0 Å². The zero-order chi connectivity index (χ0) is 10.4. The average molecular weight is 230 g/mol. The summed E-state index contributed by atoms with van der Waals surface area (Å²) in [5.41, 5.74) is 1.29. The highest BCUT2D eigenvalue weighted by molar-refractivity contribution is 7.98. The standard InChI is InChI=1S/C11H16ClNS/c1-9(13-7-8-14-2)10-3-5-11(12)6-4-10/h3-6,9,13H,7-8H2,1-2H3. The molecule has 0 aliphatic rings. The zero-order valence-electron chi connectivity index (χ0n) is 8.59. The fourth-order valence-electron chi connectivity index (χ4n) is 1.25. The molecule has 0 fully saturated rings. The van der Waals surface area contributed by atoms with Gasteiger partial charge in [0.25, 0.3) is 0 Å². The topological polar surface area (TPSA) is 12.0 Å². The Morgan fingerprint density at radius 2 is 2.00 bits per heavy atom. The SMILES string of the molecule is CSCCNC(C)c1ccc(Cl)cc1. The van der Waals surface area contributed by atoms with Crippen molar-refractivity contribution in [1.29, 1.82) is 0 Å². The number of hydrogen-bond donors (Lipinski definition) is 1. The number of thioether (sulfide) groups is 1. The van der Waals surface area contributed by atoms with Gasteiger partial charge in [0.2, 0.25) is 0 Å². The van der Waals surface area contributed by atoms with E-state index in [1.807, 2.05) is 23.9 Å². The number of halogens is 1. The molecule has 0 aromatic heterocycles. The molecule has 0 saturated heterocycles. The van der Waals surface area contributed by atoms with Crippen LogP contribution in [0.25, 0.3) is 0 Å². The summed E-state index contributed by atoms with van der Waals surface area (Å²) in [4.78, 5) is 0. The van der Waals surface area contributed by atoms with Crippen molar-refractivity contribution in [1.82, 2.24) is 5.32 Å². The first-order valence-corrected chi connectivity index (χ1v) is 6.49. The summed E-state index contributed by atoms with van der Waals surface area (Å²) in [6, 6.07) is 8.41. The van der Waals surface area contributed by atoms with Crippen LogP contribution in [0.4, 0.5) is 0 Å². The second-order valence-electron chi connectivity index (χ2n) is 3.22. The average Bonchev–Trinajstić information content (AvgIpc) is 2.19. The van der Waals surface area contributed by atoms with Gasteiger partial charge in [-0.2, -0.15) is 11.8 Å². The van der Waals surface area contributed by atoms with Gasteiger partial charge in [0, 0.05) is 23.4 Å². The summed E-state index contributed by atoms with van der Waals surface area (Å²) in [5, 5.41) is 4.25. The molecule has 0 heterocycles. The molecule has 1 nitrogen and oxygen atoms in total. The largest absolute Gasteiger partial charge is 0.309 e. The second kappa shape index (κ2) is 6.33. The zero-order valence-corrected chi connectivity index (χ0v) is 10.2. The van der Waals surface area contributed by atoms with E-state index in [-0.39, 0.29) is 0 Å². The summed E-state index contributed by atoms with van der Waals surface area (Å²) >= 11 is 7.68. The molecule has 3 heteroatoms. The van der Waals surface area contributed by atoms with Gasteiger partial charge in [-0.05, 0) is 30.9 Å². The quantitative estimate of drug-likeness (QED) is 0.778. The predicted molar refractivity (Wildman–Crippen MR) is 66.3 cm³/mol. The summed E-state index contributed by atoms with van der Waals surface area (Å²) in [7, 11) is 0. The number of benzene rings is 1. The molecule has 0 spiro atoms. The summed E-state index contributed by atoms with van der Waals surface area (Å²) < 4.78 is 0. The molecule has 0 aliphatic heterocycles. The van der Waals surface area contributed by atoms with Gasteiger partial charge in [-0.25, -0.2) is 0 Å². The lowest BCUT2D eigenvalue weighted by atomic mass is 10.1. The Labute approximate surface area is 95.2 Å². The van der Waals surface area contributed by atoms with Crippen LogP contribution in [-0.2, 0) is 0 Å². The van der Waals surface area contributed by atoms with E-state index in [9.17, 15) is 0 Å². The van der Waals surface area contributed by atoms with Crippen molar-refractivity contribution in [2.24, 2.45) is 0 Å². The van der Waals surface area contributed by atoms with Crippen LogP contribution in [0.15, 0.2) is 24.3 Å². The van der Waals surface area contributed by atoms with Crippen molar-refractivity contribution >= 4 is 23.4 Å². The Morgan fingerprint density at radius 3 is 2.57 bits per heavy atom. The summed E-state index contributed by atoms with van der Waals surface area (Å²) in [5.74, 6) is 1.15. The van der Waals surface area contributed by atoms with Gasteiger partial charge >= 0.3 is 0 Å². The molecular formula is C11H16ClNS. The fourth-order valence-corrected chi connectivity index (χ4v) is 1.69. The van der Waals surface area contributed by atoms with E-state index in [1.54, 1.807) is 0 Å². The van der Waals surface area contributed by atoms with Gasteiger partial charge in [0.15, 0.2) is 0 Å². The lowest BCUT2D eigenvalue weighted by molar-refractivity contribution is 0.601. The van der Waals surface area contributed by atoms with E-state index in [0.29, 0.717) is 6.04 Å². The molecule has 14 heavy (non-hydrogen) atoms. The van der Waals surface area contributed by atoms with E-state index < -0.39 is 0 Å². The van der Waals surface area contributed by atoms with Crippen LogP contribution >= 0.6 is 23.4 Å². The Bertz CT molecular complexity index is 260. The first kappa shape index (κ1) is 11.9. The molecule has 1 rings (SSSR count). The Kier molecular flexibility index (Phi) is 5.38. The molecule has 1 aromatic rings. The first-order chi connectivity index (χ1) is 6.74. The molecule has 0 aliphatic carbocycles. The minimum Gasteiger partial charge on any atom is -0.309 e. The van der Waals surface area contributed by atoms with E-state index >= 15 is 0 Å². The maximum absolute atomic E-state index is 5.82. The molecule has 0 amide bonds. The third-order valence-electron chi connectivity index (χ3n) is 2.13. The molecule has 0 saturated carbocycles. The molecular weight excluding hydrogens is 214 g/mol. The van der Waals surface area contributed by atoms with Gasteiger partial charge in [0.1, 0.15) is 0 Å². The van der Waals surface area contributed by atoms with E-state index in [0.717, 1.165) is 17.3 Å². The maximum atomic E-state index is 5.82. The van der Waals surface area contributed by atoms with Crippen LogP contribution in [0, 0.1) is 0 Å². The van der Waals surface area contributed by atoms with Crippen LogP contribution < -0.4 is 5.32 Å². The Balaban J connectivity index is 2.43. The van der Waals surface area contributed by atoms with Crippen LogP contribution in [0.1, 0.15) is 18.5 Å². The highest BCUT2D eigenvalue weighted by Gasteiger charge is 2.02. The van der Waals surface area contributed by atoms with E-state index in [4.69, 9.17) is 11.6 Å². The lowest BCUT2D eigenvalue weighted by Gasteiger charge is -2.13. The van der Waals surface area contributed by atoms with Gasteiger partial charge in [-0.1, -0.05) is 23.7 Å². The minimum absolute atomic E-state index is 0.402. The number of hydrogen-bond acceptors (Lipinski definition) is 2. The summed E-state index contributed by atoms with van der Waals surface area (Å²) in [6.07, 6.45) is 2.12. The van der Waals surface area contributed by atoms with Gasteiger partial charge in [-0.15, -0.1) is 0 Å². The molecule has 0 radical (unpaired) electrons. The lowest BCUT2D eigenvalue weighted by Crippen LogP contribution is -2.21. The van der Waals surface area contributed by atoms with Crippen molar-refractivity contribution in [2.45, 2.75) is 13.0 Å². The highest BCUT2D eigenvalue weighted by Crippen LogP contribution is 2.15. The van der Waals surface area contributed by atoms with Crippen LogP contribution in [0.2, 0.25) is 5.02 Å². The van der Waals surface area contributed by atoms with Gasteiger partial charge < -0.3 is 5.32 Å². The minimum atomic E-state index is 0.402. The Hall–Kier alpha value is -0.180. The molecule has 1 aromatic carbocycles. The normalized spacial score (nSPS) is 12.8. The fraction of sp³-hybridized carbons (Fsp3) is 0.455. The van der Waals surface area contributed by atoms with Gasteiger partial charge in [-0.3, -0.25) is 0 Å². The second-order valence-corrected chi connectivity index (χ2v) is 4.64. The van der Waals surface area contributed by atoms with Crippen LogP contribution in [-0.4, -0.2) is 18.6 Å². The maximum Gasteiger partial charge on any atom is 0.0406 e. The van der Waals surface area contributed by atoms with Crippen LogP contribution in [0.5, 0.6) is 0 Å². The van der Waals surface area contributed by atoms with Crippen molar-refractivity contribution in [3.8, 4) is 0 Å². The van der Waals surface area contributed by atoms with E-state index in [2.05, 4.69) is 30.6 Å². The van der Waals surface area contributed by atoms with Crippen molar-refractivity contribution in [3.05, 3.63) is 34.9 Å². The third-order valence-corrected chi connectivity index (χ3v) is 2.99. The molecule has 78 valence electrons. The monoisotopic (exact) mass is 229 g/mol. The molecule has 0 bridgehead atoms. The van der Waals surface area contributed by atoms with Crippen molar-refractivity contribution < 1.29 is 0 Å². The molecule has 1 atom stereocenters. The van der Waals surface area contributed by atoms with Crippen molar-refractivity contribution in [2.75, 3.05) is 18.6 Å². The third kappa shape index (κ3) is 3.91. The summed E-state index contributed by atoms with van der Waals surface area (Å²) in [6.45, 7) is 3.22. The first-order valence-electron chi connectivity index (χ1n) is 4.72. The number of rotatable bonds is 5. The van der Waals surface area contributed by atoms with Crippen LogP contribution in [0.3, 0.4) is 0 Å². The van der Waals surface area contributed by atoms with Crippen molar-refractivity contribution in [3.63, 3.8) is 0 Å². The number of nitrogens with one attached hydrogen (secondary N) is 1. The Morgan fingerprint density at radius 1 is 1.36 bits per heavy atom.